The van der Waals surface area contributed by atoms with Gasteiger partial charge in [-0.3, -0.25) is 16.0 Å². The fourth-order valence-electron chi connectivity index (χ4n) is 3.50. The van der Waals surface area contributed by atoms with Crippen LogP contribution in [0.15, 0.2) is 24.3 Å². The second-order valence-corrected chi connectivity index (χ2v) is 5.97. The summed E-state index contributed by atoms with van der Waals surface area (Å²) in [4.78, 5) is 0. The van der Waals surface area contributed by atoms with Gasteiger partial charge in [-0.25, -0.2) is 0 Å². The van der Waals surface area contributed by atoms with E-state index >= 15 is 0 Å². The maximum absolute atomic E-state index is 5.79. The summed E-state index contributed by atoms with van der Waals surface area (Å²) in [5.74, 6) is 6.68. The number of nitrogens with zero attached hydrogens (tertiary/aromatic N) is 2. The zero-order valence-corrected chi connectivity index (χ0v) is 12.2. The van der Waals surface area contributed by atoms with Gasteiger partial charge < -0.3 is 0 Å². The van der Waals surface area contributed by atoms with E-state index in [4.69, 9.17) is 5.84 Å². The van der Waals surface area contributed by atoms with Crippen LogP contribution < -0.4 is 11.3 Å². The van der Waals surface area contributed by atoms with Crippen LogP contribution in [0.5, 0.6) is 0 Å². The summed E-state index contributed by atoms with van der Waals surface area (Å²) >= 11 is 0. The van der Waals surface area contributed by atoms with E-state index in [0.29, 0.717) is 0 Å². The van der Waals surface area contributed by atoms with Gasteiger partial charge in [-0.15, -0.1) is 0 Å². The molecule has 1 aliphatic carbocycles. The largest absolute Gasteiger partial charge is 0.271 e. The molecule has 4 nitrogen and oxygen atoms in total. The molecule has 1 aromatic heterocycles. The van der Waals surface area contributed by atoms with Crippen molar-refractivity contribution in [1.29, 1.82) is 0 Å². The standard InChI is InChI=1S/C16H24N4/c1-20-15-9-5-4-8-13(15)16(19-20)14(18-17)11-10-12-6-2-3-7-12/h4-5,8-9,12,14,18H,2-3,6-7,10-11,17H2,1H3. The summed E-state index contributed by atoms with van der Waals surface area (Å²) in [6.45, 7) is 0. The van der Waals surface area contributed by atoms with Crippen LogP contribution in [0.1, 0.15) is 50.3 Å². The van der Waals surface area contributed by atoms with Gasteiger partial charge in [0.1, 0.15) is 0 Å². The number of nitrogens with one attached hydrogen (secondary N) is 1. The molecule has 0 bridgehead atoms. The maximum Gasteiger partial charge on any atom is 0.0886 e. The third kappa shape index (κ3) is 2.58. The van der Waals surface area contributed by atoms with Gasteiger partial charge in [0, 0.05) is 12.4 Å². The third-order valence-corrected chi connectivity index (χ3v) is 4.66. The van der Waals surface area contributed by atoms with E-state index in [1.807, 2.05) is 11.7 Å². The topological polar surface area (TPSA) is 55.9 Å². The normalized spacial score (nSPS) is 17.9. The number of benzene rings is 1. The number of aromatic nitrogens is 2. The van der Waals surface area contributed by atoms with Crippen molar-refractivity contribution in [2.75, 3.05) is 0 Å². The van der Waals surface area contributed by atoms with Crippen LogP contribution >= 0.6 is 0 Å². The second kappa shape index (κ2) is 5.94. The molecule has 1 unspecified atom stereocenters. The highest BCUT2D eigenvalue weighted by Crippen LogP contribution is 2.32. The van der Waals surface area contributed by atoms with Crippen molar-refractivity contribution in [3.63, 3.8) is 0 Å². The molecule has 1 heterocycles. The molecule has 1 atom stereocenters. The van der Waals surface area contributed by atoms with E-state index in [-0.39, 0.29) is 6.04 Å². The Hall–Kier alpha value is -1.39. The molecule has 1 fully saturated rings. The van der Waals surface area contributed by atoms with Gasteiger partial charge in [0.25, 0.3) is 0 Å². The zero-order chi connectivity index (χ0) is 13.9. The first-order valence-corrected chi connectivity index (χ1v) is 7.67. The molecule has 0 amide bonds. The highest BCUT2D eigenvalue weighted by Gasteiger charge is 2.21. The summed E-state index contributed by atoms with van der Waals surface area (Å²) in [6, 6.07) is 8.52. The predicted molar refractivity (Wildman–Crippen MR) is 82.0 cm³/mol. The van der Waals surface area contributed by atoms with Crippen LogP contribution in [0.25, 0.3) is 10.9 Å². The van der Waals surface area contributed by atoms with Crippen molar-refractivity contribution in [1.82, 2.24) is 15.2 Å². The quantitative estimate of drug-likeness (QED) is 0.649. The molecule has 0 radical (unpaired) electrons. The van der Waals surface area contributed by atoms with Gasteiger partial charge in [-0.05, 0) is 24.8 Å². The fraction of sp³-hybridized carbons (Fsp3) is 0.562. The first-order valence-electron chi connectivity index (χ1n) is 7.67. The van der Waals surface area contributed by atoms with Crippen LogP contribution in [0, 0.1) is 5.92 Å². The second-order valence-electron chi connectivity index (χ2n) is 5.97. The number of rotatable bonds is 5. The minimum atomic E-state index is 0.154. The molecule has 3 N–H and O–H groups in total. The van der Waals surface area contributed by atoms with E-state index in [1.165, 1.54) is 43.0 Å². The van der Waals surface area contributed by atoms with Crippen LogP contribution in [0.2, 0.25) is 0 Å². The average Bonchev–Trinajstić information content (AvgIpc) is 3.09. The van der Waals surface area contributed by atoms with E-state index in [9.17, 15) is 0 Å². The third-order valence-electron chi connectivity index (χ3n) is 4.66. The highest BCUT2D eigenvalue weighted by molar-refractivity contribution is 5.82. The lowest BCUT2D eigenvalue weighted by Gasteiger charge is -2.16. The van der Waals surface area contributed by atoms with Gasteiger partial charge in [0.05, 0.1) is 17.3 Å². The Morgan fingerprint density at radius 1 is 1.35 bits per heavy atom. The van der Waals surface area contributed by atoms with E-state index < -0.39 is 0 Å². The summed E-state index contributed by atoms with van der Waals surface area (Å²) in [5.41, 5.74) is 5.23. The number of aryl methyl sites for hydroxylation is 1. The van der Waals surface area contributed by atoms with Crippen molar-refractivity contribution >= 4 is 10.9 Å². The van der Waals surface area contributed by atoms with Crippen molar-refractivity contribution in [2.24, 2.45) is 18.8 Å². The molecule has 3 rings (SSSR count). The van der Waals surface area contributed by atoms with Gasteiger partial charge in [0.2, 0.25) is 0 Å². The number of nitrogens with two attached hydrogens (primary N) is 1. The number of hydrazine groups is 1. The lowest BCUT2D eigenvalue weighted by molar-refractivity contribution is 0.411. The van der Waals surface area contributed by atoms with Gasteiger partial charge in [0.15, 0.2) is 0 Å². The van der Waals surface area contributed by atoms with Crippen molar-refractivity contribution in [2.45, 2.75) is 44.6 Å². The molecule has 4 heteroatoms. The van der Waals surface area contributed by atoms with Crippen LogP contribution in [0.4, 0.5) is 0 Å². The van der Waals surface area contributed by atoms with Gasteiger partial charge in [-0.1, -0.05) is 43.9 Å². The molecule has 2 aromatic rings. The number of fused-ring (bicyclic) bond motifs is 1. The van der Waals surface area contributed by atoms with Crippen LogP contribution in [-0.2, 0) is 7.05 Å². The number of hydrogen-bond acceptors (Lipinski definition) is 3. The monoisotopic (exact) mass is 272 g/mol. The van der Waals surface area contributed by atoms with E-state index in [1.54, 1.807) is 0 Å². The Morgan fingerprint density at radius 2 is 2.10 bits per heavy atom. The summed E-state index contributed by atoms with van der Waals surface area (Å²) in [5, 5.41) is 5.89. The molecule has 1 aliphatic rings. The van der Waals surface area contributed by atoms with Crippen molar-refractivity contribution < 1.29 is 0 Å². The molecule has 1 saturated carbocycles. The zero-order valence-electron chi connectivity index (χ0n) is 12.2. The molecule has 0 spiro atoms. The van der Waals surface area contributed by atoms with Crippen LogP contribution in [0.3, 0.4) is 0 Å². The number of para-hydroxylation sites is 1. The predicted octanol–water partition coefficient (Wildman–Crippen LogP) is 3.05. The molecule has 0 saturated heterocycles. The van der Waals surface area contributed by atoms with Crippen molar-refractivity contribution in [3.8, 4) is 0 Å². The average molecular weight is 272 g/mol. The first kappa shape index (κ1) is 13.6. The summed E-state index contributed by atoms with van der Waals surface area (Å²) < 4.78 is 1.95. The Kier molecular flexibility index (Phi) is 4.03. The molecule has 108 valence electrons. The Bertz CT molecular complexity index is 569. The van der Waals surface area contributed by atoms with Crippen LogP contribution in [-0.4, -0.2) is 9.78 Å². The summed E-state index contributed by atoms with van der Waals surface area (Å²) in [7, 11) is 2.00. The first-order chi connectivity index (χ1) is 9.79. The Balaban J connectivity index is 1.79. The minimum absolute atomic E-state index is 0.154. The van der Waals surface area contributed by atoms with E-state index in [2.05, 4.69) is 34.8 Å². The number of hydrogen-bond donors (Lipinski definition) is 2. The molecule has 1 aromatic carbocycles. The Morgan fingerprint density at radius 3 is 2.85 bits per heavy atom. The molecule has 20 heavy (non-hydrogen) atoms. The maximum atomic E-state index is 5.79. The van der Waals surface area contributed by atoms with Gasteiger partial charge in [-0.2, -0.15) is 5.10 Å². The smallest absolute Gasteiger partial charge is 0.0886 e. The SMILES string of the molecule is Cn1nc(C(CCC2CCCC2)NN)c2ccccc21. The van der Waals surface area contributed by atoms with Crippen molar-refractivity contribution in [3.05, 3.63) is 30.0 Å². The van der Waals surface area contributed by atoms with Gasteiger partial charge >= 0.3 is 0 Å². The summed E-state index contributed by atoms with van der Waals surface area (Å²) in [6.07, 6.45) is 7.90. The van der Waals surface area contributed by atoms with E-state index in [0.717, 1.165) is 18.0 Å². The lowest BCUT2D eigenvalue weighted by Crippen LogP contribution is -2.29. The molecule has 0 aliphatic heterocycles. The Labute approximate surface area is 120 Å². The lowest BCUT2D eigenvalue weighted by atomic mass is 9.96. The minimum Gasteiger partial charge on any atom is -0.271 e. The molecular formula is C16H24N4. The molecular weight excluding hydrogens is 248 g/mol. The fourth-order valence-corrected chi connectivity index (χ4v) is 3.50. The highest BCUT2D eigenvalue weighted by atomic mass is 15.3.